The third-order valence-corrected chi connectivity index (χ3v) is 6.63. The zero-order valence-corrected chi connectivity index (χ0v) is 22.1. The number of unbranched alkanes of at least 4 members (excludes halogenated alkanes) is 2. The van der Waals surface area contributed by atoms with Crippen LogP contribution in [0.2, 0.25) is 0 Å². The molecule has 0 bridgehead atoms. The molecule has 7 heteroatoms. The van der Waals surface area contributed by atoms with Crippen molar-refractivity contribution in [1.29, 1.82) is 0 Å². The van der Waals surface area contributed by atoms with Crippen molar-refractivity contribution in [2.75, 3.05) is 19.8 Å². The lowest BCUT2D eigenvalue weighted by atomic mass is 9.98. The maximum Gasteiger partial charge on any atom is 0.290 e. The predicted octanol–water partition coefficient (Wildman–Crippen LogP) is 6.48. The van der Waals surface area contributed by atoms with Crippen LogP contribution in [-0.4, -0.2) is 36.7 Å². The number of carbonyl (C=O) groups is 1. The molecule has 0 aliphatic carbocycles. The van der Waals surface area contributed by atoms with Gasteiger partial charge in [-0.3, -0.25) is 9.59 Å². The number of carbonyl (C=O) groups excluding carboxylic acids is 1. The number of halogens is 1. The van der Waals surface area contributed by atoms with Crippen molar-refractivity contribution in [1.82, 2.24) is 4.90 Å². The average molecular weight is 542 g/mol. The molecule has 35 heavy (non-hydrogen) atoms. The van der Waals surface area contributed by atoms with E-state index in [0.717, 1.165) is 35.0 Å². The van der Waals surface area contributed by atoms with E-state index in [4.69, 9.17) is 13.9 Å². The molecule has 6 nitrogen and oxygen atoms in total. The highest BCUT2D eigenvalue weighted by atomic mass is 79.9. The highest BCUT2D eigenvalue weighted by Gasteiger charge is 2.42. The van der Waals surface area contributed by atoms with Gasteiger partial charge in [0.1, 0.15) is 11.3 Å². The smallest absolute Gasteiger partial charge is 0.290 e. The lowest BCUT2D eigenvalue weighted by Crippen LogP contribution is -2.31. The molecule has 0 fully saturated rings. The van der Waals surface area contributed by atoms with E-state index in [-0.39, 0.29) is 23.2 Å². The quantitative estimate of drug-likeness (QED) is 0.259. The Morgan fingerprint density at radius 3 is 2.51 bits per heavy atom. The van der Waals surface area contributed by atoms with Crippen LogP contribution in [0.4, 0.5) is 0 Å². The fourth-order valence-electron chi connectivity index (χ4n) is 4.41. The summed E-state index contributed by atoms with van der Waals surface area (Å²) in [4.78, 5) is 28.8. The van der Waals surface area contributed by atoms with Gasteiger partial charge in [0, 0.05) is 17.6 Å². The molecule has 1 aromatic heterocycles. The third-order valence-electron chi connectivity index (χ3n) is 6.13. The van der Waals surface area contributed by atoms with Crippen LogP contribution in [0.15, 0.2) is 56.1 Å². The molecule has 0 radical (unpaired) electrons. The molecule has 0 spiro atoms. The Bertz CT molecular complexity index is 1230. The van der Waals surface area contributed by atoms with E-state index in [1.54, 1.807) is 23.1 Å². The Morgan fingerprint density at radius 2 is 1.80 bits per heavy atom. The van der Waals surface area contributed by atoms with Crippen molar-refractivity contribution in [3.8, 4) is 5.75 Å². The van der Waals surface area contributed by atoms with Gasteiger partial charge in [0.25, 0.3) is 5.91 Å². The molecule has 1 aliphatic rings. The molecule has 1 amide bonds. The standard InChI is InChI=1S/C28H32BrNO5/c1-4-5-6-15-34-21-11-8-19(9-12-21)25-24-26(31)22-17-20(29)10-13-23(22)35-27(24)28(32)30(25)14-7-16-33-18(2)3/h8-13,17-18,25H,4-7,14-16H2,1-3H3. The molecule has 1 atom stereocenters. The first-order chi connectivity index (χ1) is 16.9. The summed E-state index contributed by atoms with van der Waals surface area (Å²) in [7, 11) is 0. The Kier molecular flexibility index (Phi) is 8.29. The monoisotopic (exact) mass is 541 g/mol. The molecule has 1 unspecified atom stereocenters. The van der Waals surface area contributed by atoms with Gasteiger partial charge in [0.05, 0.1) is 29.7 Å². The highest BCUT2D eigenvalue weighted by Crippen LogP contribution is 2.39. The summed E-state index contributed by atoms with van der Waals surface area (Å²) in [5, 5.41) is 0.455. The summed E-state index contributed by atoms with van der Waals surface area (Å²) in [5.41, 5.74) is 1.47. The van der Waals surface area contributed by atoms with Gasteiger partial charge < -0.3 is 18.8 Å². The van der Waals surface area contributed by atoms with Gasteiger partial charge in [-0.15, -0.1) is 0 Å². The lowest BCUT2D eigenvalue weighted by Gasteiger charge is -2.25. The Morgan fingerprint density at radius 1 is 1.03 bits per heavy atom. The fourth-order valence-corrected chi connectivity index (χ4v) is 4.77. The predicted molar refractivity (Wildman–Crippen MR) is 140 cm³/mol. The van der Waals surface area contributed by atoms with Crippen LogP contribution in [0.25, 0.3) is 11.0 Å². The van der Waals surface area contributed by atoms with E-state index >= 15 is 0 Å². The molecule has 2 heterocycles. The van der Waals surface area contributed by atoms with Gasteiger partial charge in [-0.05, 0) is 62.6 Å². The van der Waals surface area contributed by atoms with Crippen LogP contribution in [0, 0.1) is 0 Å². The number of amides is 1. The summed E-state index contributed by atoms with van der Waals surface area (Å²) in [6.07, 6.45) is 4.07. The molecule has 4 rings (SSSR count). The first-order valence-corrected chi connectivity index (χ1v) is 13.1. The van der Waals surface area contributed by atoms with Gasteiger partial charge in [0.2, 0.25) is 5.76 Å². The van der Waals surface area contributed by atoms with E-state index in [9.17, 15) is 9.59 Å². The average Bonchev–Trinajstić information content (AvgIpc) is 3.12. The zero-order valence-electron chi connectivity index (χ0n) is 20.5. The number of nitrogens with zero attached hydrogens (tertiary/aromatic N) is 1. The van der Waals surface area contributed by atoms with Crippen molar-refractivity contribution in [3.63, 3.8) is 0 Å². The van der Waals surface area contributed by atoms with E-state index in [1.807, 2.05) is 38.1 Å². The van der Waals surface area contributed by atoms with Crippen LogP contribution >= 0.6 is 15.9 Å². The minimum Gasteiger partial charge on any atom is -0.494 e. The van der Waals surface area contributed by atoms with Crippen molar-refractivity contribution in [2.24, 2.45) is 0 Å². The van der Waals surface area contributed by atoms with Gasteiger partial charge in [-0.2, -0.15) is 0 Å². The second-order valence-electron chi connectivity index (χ2n) is 9.11. The lowest BCUT2D eigenvalue weighted by molar-refractivity contribution is 0.0593. The molecule has 0 saturated heterocycles. The van der Waals surface area contributed by atoms with Gasteiger partial charge in [-0.1, -0.05) is 47.8 Å². The molecule has 1 aliphatic heterocycles. The normalized spacial score (nSPS) is 15.3. The van der Waals surface area contributed by atoms with Crippen molar-refractivity contribution in [3.05, 3.63) is 74.0 Å². The zero-order chi connectivity index (χ0) is 24.9. The summed E-state index contributed by atoms with van der Waals surface area (Å²) in [6, 6.07) is 12.4. The summed E-state index contributed by atoms with van der Waals surface area (Å²) < 4.78 is 18.3. The number of hydrogen-bond donors (Lipinski definition) is 0. The molecule has 186 valence electrons. The van der Waals surface area contributed by atoms with E-state index < -0.39 is 6.04 Å². The Hall–Kier alpha value is -2.64. The first-order valence-electron chi connectivity index (χ1n) is 12.3. The third kappa shape index (κ3) is 5.62. The highest BCUT2D eigenvalue weighted by molar-refractivity contribution is 9.10. The summed E-state index contributed by atoms with van der Waals surface area (Å²) in [5.74, 6) is 0.636. The van der Waals surface area contributed by atoms with Crippen LogP contribution in [0.3, 0.4) is 0 Å². The van der Waals surface area contributed by atoms with Crippen molar-refractivity contribution in [2.45, 2.75) is 58.6 Å². The molecule has 0 N–H and O–H groups in total. The molecular weight excluding hydrogens is 510 g/mol. The van der Waals surface area contributed by atoms with Crippen LogP contribution in [0.1, 0.15) is 74.2 Å². The van der Waals surface area contributed by atoms with Crippen LogP contribution in [-0.2, 0) is 4.74 Å². The van der Waals surface area contributed by atoms with Gasteiger partial charge in [-0.25, -0.2) is 0 Å². The Balaban J connectivity index is 1.69. The van der Waals surface area contributed by atoms with Crippen molar-refractivity contribution >= 4 is 32.8 Å². The minimum atomic E-state index is -0.523. The summed E-state index contributed by atoms with van der Waals surface area (Å²) >= 11 is 3.44. The molecule has 0 saturated carbocycles. The van der Waals surface area contributed by atoms with E-state index in [0.29, 0.717) is 42.7 Å². The van der Waals surface area contributed by atoms with Crippen LogP contribution < -0.4 is 10.2 Å². The SMILES string of the molecule is CCCCCOc1ccc(C2c3c(oc4ccc(Br)cc4c3=O)C(=O)N2CCCOC(C)C)cc1. The second-order valence-corrected chi connectivity index (χ2v) is 10.0. The molecule has 3 aromatic rings. The fraction of sp³-hybridized carbons (Fsp3) is 0.429. The van der Waals surface area contributed by atoms with E-state index in [2.05, 4.69) is 22.9 Å². The summed E-state index contributed by atoms with van der Waals surface area (Å²) in [6.45, 7) is 7.79. The van der Waals surface area contributed by atoms with Gasteiger partial charge in [0.15, 0.2) is 5.43 Å². The number of benzene rings is 2. The second kappa shape index (κ2) is 11.4. The largest absolute Gasteiger partial charge is 0.494 e. The maximum atomic E-state index is 13.6. The maximum absolute atomic E-state index is 13.6. The number of ether oxygens (including phenoxy) is 2. The first kappa shape index (κ1) is 25.5. The topological polar surface area (TPSA) is 69.0 Å². The van der Waals surface area contributed by atoms with E-state index in [1.165, 1.54) is 0 Å². The number of fused-ring (bicyclic) bond motifs is 2. The van der Waals surface area contributed by atoms with Gasteiger partial charge >= 0.3 is 0 Å². The van der Waals surface area contributed by atoms with Crippen LogP contribution in [0.5, 0.6) is 5.75 Å². The molecule has 2 aromatic carbocycles. The number of hydrogen-bond acceptors (Lipinski definition) is 5. The molecular formula is C28H32BrNO5. The Labute approximate surface area is 214 Å². The van der Waals surface area contributed by atoms with Crippen molar-refractivity contribution < 1.29 is 18.7 Å². The number of rotatable bonds is 11. The minimum absolute atomic E-state index is 0.120.